The first-order valence-electron chi connectivity index (χ1n) is 3.73. The maximum absolute atomic E-state index is 8.78. The van der Waals surface area contributed by atoms with Crippen molar-refractivity contribution in [3.05, 3.63) is 12.2 Å². The molecule has 1 heteroatoms. The number of nitriles is 1. The molecule has 1 rings (SSSR count). The molecule has 0 atom stereocenters. The molecule has 1 aliphatic rings. The molecule has 10 heavy (non-hydrogen) atoms. The summed E-state index contributed by atoms with van der Waals surface area (Å²) in [6, 6.07) is 2.34. The van der Waals surface area contributed by atoms with Crippen LogP contribution in [0.1, 0.15) is 26.7 Å². The fourth-order valence-electron chi connectivity index (χ4n) is 1.30. The van der Waals surface area contributed by atoms with E-state index in [1.165, 1.54) is 0 Å². The Morgan fingerprint density at radius 3 is 2.30 bits per heavy atom. The molecule has 0 saturated heterocycles. The predicted octanol–water partition coefficient (Wildman–Crippen LogP) is 2.50. The molecule has 0 aliphatic heterocycles. The van der Waals surface area contributed by atoms with Crippen LogP contribution in [0, 0.1) is 22.7 Å². The summed E-state index contributed by atoms with van der Waals surface area (Å²) in [6.45, 7) is 4.04. The molecule has 0 radical (unpaired) electrons. The van der Waals surface area contributed by atoms with Gasteiger partial charge in [0.2, 0.25) is 0 Å². The summed E-state index contributed by atoms with van der Waals surface area (Å²) in [4.78, 5) is 0. The zero-order valence-corrected chi connectivity index (χ0v) is 6.59. The Morgan fingerprint density at radius 2 is 1.90 bits per heavy atom. The van der Waals surface area contributed by atoms with Crippen LogP contribution in [0.15, 0.2) is 12.2 Å². The summed E-state index contributed by atoms with van der Waals surface area (Å²) >= 11 is 0. The summed E-state index contributed by atoms with van der Waals surface area (Å²) in [6.07, 6.45) is 6.51. The standard InChI is InChI=1S/C9H13N/c1-9(2,7-10)8-5-3-4-6-8/h3-4,8H,5-6H2,1-2H3. The van der Waals surface area contributed by atoms with Crippen molar-refractivity contribution >= 4 is 0 Å². The van der Waals surface area contributed by atoms with Crippen molar-refractivity contribution < 1.29 is 0 Å². The first kappa shape index (κ1) is 7.34. The van der Waals surface area contributed by atoms with E-state index in [0.29, 0.717) is 5.92 Å². The molecule has 0 spiro atoms. The maximum atomic E-state index is 8.78. The third-order valence-electron chi connectivity index (χ3n) is 2.32. The van der Waals surface area contributed by atoms with Crippen molar-refractivity contribution in [2.24, 2.45) is 11.3 Å². The molecule has 0 unspecified atom stereocenters. The van der Waals surface area contributed by atoms with Gasteiger partial charge in [0.05, 0.1) is 11.5 Å². The Bertz CT molecular complexity index is 175. The van der Waals surface area contributed by atoms with Gasteiger partial charge in [-0.15, -0.1) is 0 Å². The van der Waals surface area contributed by atoms with Crippen LogP contribution < -0.4 is 0 Å². The van der Waals surface area contributed by atoms with E-state index in [-0.39, 0.29) is 5.41 Å². The van der Waals surface area contributed by atoms with Gasteiger partial charge in [0, 0.05) is 0 Å². The Kier molecular flexibility index (Phi) is 1.80. The Labute approximate surface area is 62.4 Å². The van der Waals surface area contributed by atoms with E-state index in [4.69, 9.17) is 5.26 Å². The largest absolute Gasteiger partial charge is 0.198 e. The van der Waals surface area contributed by atoms with Crippen molar-refractivity contribution in [3.8, 4) is 6.07 Å². The smallest absolute Gasteiger partial charge is 0.0687 e. The highest BCUT2D eigenvalue weighted by Crippen LogP contribution is 2.35. The highest BCUT2D eigenvalue weighted by atomic mass is 14.4. The third kappa shape index (κ3) is 1.21. The van der Waals surface area contributed by atoms with Crippen molar-refractivity contribution in [2.45, 2.75) is 26.7 Å². The van der Waals surface area contributed by atoms with Crippen LogP contribution in [0.3, 0.4) is 0 Å². The molecule has 0 aromatic carbocycles. The summed E-state index contributed by atoms with van der Waals surface area (Å²) in [7, 11) is 0. The minimum Gasteiger partial charge on any atom is -0.198 e. The van der Waals surface area contributed by atoms with E-state index in [0.717, 1.165) is 12.8 Å². The average molecular weight is 135 g/mol. The fraction of sp³-hybridized carbons (Fsp3) is 0.667. The van der Waals surface area contributed by atoms with Gasteiger partial charge in [-0.05, 0) is 32.6 Å². The second kappa shape index (κ2) is 2.46. The number of allylic oxidation sites excluding steroid dienone is 2. The zero-order valence-electron chi connectivity index (χ0n) is 6.59. The first-order valence-corrected chi connectivity index (χ1v) is 3.73. The molecule has 0 N–H and O–H groups in total. The molecule has 0 aromatic rings. The molecule has 0 saturated carbocycles. The first-order chi connectivity index (χ1) is 4.67. The van der Waals surface area contributed by atoms with Gasteiger partial charge in [0.25, 0.3) is 0 Å². The number of hydrogen-bond donors (Lipinski definition) is 0. The van der Waals surface area contributed by atoms with E-state index in [9.17, 15) is 0 Å². The Morgan fingerprint density at radius 1 is 1.40 bits per heavy atom. The topological polar surface area (TPSA) is 23.8 Å². The maximum Gasteiger partial charge on any atom is 0.0687 e. The minimum atomic E-state index is -0.135. The van der Waals surface area contributed by atoms with E-state index < -0.39 is 0 Å². The van der Waals surface area contributed by atoms with Crippen molar-refractivity contribution in [1.82, 2.24) is 0 Å². The Hall–Kier alpha value is -0.770. The second-order valence-corrected chi connectivity index (χ2v) is 3.47. The number of nitrogens with zero attached hydrogens (tertiary/aromatic N) is 1. The molecular formula is C9H13N. The molecule has 0 amide bonds. The van der Waals surface area contributed by atoms with Crippen molar-refractivity contribution in [2.75, 3.05) is 0 Å². The van der Waals surface area contributed by atoms with Crippen LogP contribution in [0.5, 0.6) is 0 Å². The fourth-order valence-corrected chi connectivity index (χ4v) is 1.30. The summed E-state index contributed by atoms with van der Waals surface area (Å²) in [5.41, 5.74) is -0.135. The third-order valence-corrected chi connectivity index (χ3v) is 2.32. The van der Waals surface area contributed by atoms with Gasteiger partial charge in [0.15, 0.2) is 0 Å². The summed E-state index contributed by atoms with van der Waals surface area (Å²) < 4.78 is 0. The highest BCUT2D eigenvalue weighted by molar-refractivity contribution is 5.06. The van der Waals surface area contributed by atoms with Gasteiger partial charge in [-0.2, -0.15) is 5.26 Å². The monoisotopic (exact) mass is 135 g/mol. The van der Waals surface area contributed by atoms with Crippen LogP contribution >= 0.6 is 0 Å². The second-order valence-electron chi connectivity index (χ2n) is 3.47. The number of hydrogen-bond acceptors (Lipinski definition) is 1. The predicted molar refractivity (Wildman–Crippen MR) is 41.3 cm³/mol. The van der Waals surface area contributed by atoms with Crippen molar-refractivity contribution in [1.29, 1.82) is 5.26 Å². The van der Waals surface area contributed by atoms with Crippen LogP contribution in [0.4, 0.5) is 0 Å². The van der Waals surface area contributed by atoms with Crippen LogP contribution in [-0.4, -0.2) is 0 Å². The van der Waals surface area contributed by atoms with E-state index in [1.807, 2.05) is 13.8 Å². The van der Waals surface area contributed by atoms with E-state index >= 15 is 0 Å². The molecular weight excluding hydrogens is 122 g/mol. The van der Waals surface area contributed by atoms with Crippen molar-refractivity contribution in [3.63, 3.8) is 0 Å². The average Bonchev–Trinajstić information content (AvgIpc) is 2.38. The van der Waals surface area contributed by atoms with Crippen LogP contribution in [0.25, 0.3) is 0 Å². The van der Waals surface area contributed by atoms with Crippen LogP contribution in [0.2, 0.25) is 0 Å². The summed E-state index contributed by atoms with van der Waals surface area (Å²) in [5.74, 6) is 0.553. The van der Waals surface area contributed by atoms with Gasteiger partial charge in [-0.1, -0.05) is 12.2 Å². The molecule has 1 aliphatic carbocycles. The lowest BCUT2D eigenvalue weighted by Gasteiger charge is -2.22. The SMILES string of the molecule is CC(C)(C#N)C1CC=CC1. The minimum absolute atomic E-state index is 0.135. The van der Waals surface area contributed by atoms with E-state index in [1.54, 1.807) is 0 Å². The van der Waals surface area contributed by atoms with E-state index in [2.05, 4.69) is 18.2 Å². The zero-order chi connectivity index (χ0) is 7.61. The molecule has 0 bridgehead atoms. The molecule has 0 heterocycles. The Balaban J connectivity index is 2.59. The lowest BCUT2D eigenvalue weighted by Crippen LogP contribution is -2.19. The number of rotatable bonds is 1. The van der Waals surface area contributed by atoms with Crippen LogP contribution in [-0.2, 0) is 0 Å². The molecule has 0 fully saturated rings. The quantitative estimate of drug-likeness (QED) is 0.507. The van der Waals surface area contributed by atoms with Gasteiger partial charge in [-0.25, -0.2) is 0 Å². The van der Waals surface area contributed by atoms with Gasteiger partial charge in [0.1, 0.15) is 0 Å². The van der Waals surface area contributed by atoms with Gasteiger partial charge < -0.3 is 0 Å². The molecule has 54 valence electrons. The van der Waals surface area contributed by atoms with Gasteiger partial charge in [-0.3, -0.25) is 0 Å². The molecule has 1 nitrogen and oxygen atoms in total. The normalized spacial score (nSPS) is 19.3. The highest BCUT2D eigenvalue weighted by Gasteiger charge is 2.29. The summed E-state index contributed by atoms with van der Waals surface area (Å²) in [5, 5.41) is 8.78. The lowest BCUT2D eigenvalue weighted by molar-refractivity contribution is 0.309. The van der Waals surface area contributed by atoms with Gasteiger partial charge >= 0.3 is 0 Å². The lowest BCUT2D eigenvalue weighted by atomic mass is 9.79. The molecule has 0 aromatic heterocycles.